The Labute approximate surface area is 123 Å². The van der Waals surface area contributed by atoms with Crippen molar-refractivity contribution in [2.45, 2.75) is 18.8 Å². The van der Waals surface area contributed by atoms with E-state index in [1.54, 1.807) is 6.20 Å². The van der Waals surface area contributed by atoms with Crippen LogP contribution >= 0.6 is 27.3 Å². The van der Waals surface area contributed by atoms with Gasteiger partial charge in [-0.1, -0.05) is 0 Å². The molecule has 2 aromatic rings. The molecule has 1 aliphatic rings. The van der Waals surface area contributed by atoms with Crippen molar-refractivity contribution in [3.8, 4) is 0 Å². The summed E-state index contributed by atoms with van der Waals surface area (Å²) in [4.78, 5) is 15.2. The summed E-state index contributed by atoms with van der Waals surface area (Å²) < 4.78 is 0.998. The van der Waals surface area contributed by atoms with Crippen LogP contribution in [-0.4, -0.2) is 34.1 Å². The number of likely N-dealkylation sites (tertiary alicyclic amines) is 1. The number of amides is 1. The molecule has 2 aromatic heterocycles. The lowest BCUT2D eigenvalue weighted by Crippen LogP contribution is -2.38. The predicted octanol–water partition coefficient (Wildman–Crippen LogP) is 3.25. The highest BCUT2D eigenvalue weighted by Gasteiger charge is 2.26. The molecule has 0 spiro atoms. The standard InChI is InChI=1S/C13H14BrN3OS/c14-12-4-3-11(19-12)13(18)17-7-1-2-9(8-17)10-5-6-15-16-10/h3-6,9H,1-2,7-8H2,(H,15,16). The summed E-state index contributed by atoms with van der Waals surface area (Å²) in [5, 5.41) is 7.01. The summed E-state index contributed by atoms with van der Waals surface area (Å²) in [7, 11) is 0. The molecular weight excluding hydrogens is 326 g/mol. The van der Waals surface area contributed by atoms with E-state index in [4.69, 9.17) is 0 Å². The molecule has 0 aliphatic carbocycles. The third-order valence-electron chi connectivity index (χ3n) is 3.45. The van der Waals surface area contributed by atoms with Crippen LogP contribution in [0.1, 0.15) is 34.1 Å². The van der Waals surface area contributed by atoms with Crippen LogP contribution in [0.3, 0.4) is 0 Å². The van der Waals surface area contributed by atoms with E-state index in [0.29, 0.717) is 5.92 Å². The van der Waals surface area contributed by atoms with Crippen LogP contribution in [-0.2, 0) is 0 Å². The lowest BCUT2D eigenvalue weighted by Gasteiger charge is -2.31. The Hall–Kier alpha value is -1.14. The quantitative estimate of drug-likeness (QED) is 0.912. The fourth-order valence-electron chi connectivity index (χ4n) is 2.49. The van der Waals surface area contributed by atoms with Gasteiger partial charge in [-0.2, -0.15) is 5.10 Å². The van der Waals surface area contributed by atoms with E-state index in [9.17, 15) is 4.79 Å². The van der Waals surface area contributed by atoms with Gasteiger partial charge in [-0.15, -0.1) is 11.3 Å². The maximum absolute atomic E-state index is 12.4. The zero-order valence-corrected chi connectivity index (χ0v) is 12.7. The number of thiophene rings is 1. The number of piperidine rings is 1. The normalized spacial score (nSPS) is 19.6. The van der Waals surface area contributed by atoms with Gasteiger partial charge in [0.05, 0.1) is 8.66 Å². The molecule has 3 heterocycles. The van der Waals surface area contributed by atoms with E-state index in [1.807, 2.05) is 23.1 Å². The van der Waals surface area contributed by atoms with Crippen molar-refractivity contribution in [2.75, 3.05) is 13.1 Å². The van der Waals surface area contributed by atoms with Crippen molar-refractivity contribution >= 4 is 33.2 Å². The minimum absolute atomic E-state index is 0.139. The second kappa shape index (κ2) is 5.46. The molecular formula is C13H14BrN3OS. The Morgan fingerprint density at radius 3 is 3.05 bits per heavy atom. The van der Waals surface area contributed by atoms with E-state index in [-0.39, 0.29) is 5.91 Å². The van der Waals surface area contributed by atoms with Crippen LogP contribution in [0.5, 0.6) is 0 Å². The molecule has 0 aromatic carbocycles. The molecule has 6 heteroatoms. The fourth-order valence-corrected chi connectivity index (χ4v) is 3.85. The topological polar surface area (TPSA) is 49.0 Å². The van der Waals surface area contributed by atoms with E-state index < -0.39 is 0 Å². The average Bonchev–Trinajstić information content (AvgIpc) is 3.09. The lowest BCUT2D eigenvalue weighted by atomic mass is 9.95. The molecule has 100 valence electrons. The van der Waals surface area contributed by atoms with E-state index in [2.05, 4.69) is 26.1 Å². The predicted molar refractivity (Wildman–Crippen MR) is 78.5 cm³/mol. The summed E-state index contributed by atoms with van der Waals surface area (Å²) in [6, 6.07) is 5.81. The molecule has 0 saturated carbocycles. The molecule has 3 rings (SSSR count). The van der Waals surface area contributed by atoms with Gasteiger partial charge in [-0.25, -0.2) is 0 Å². The molecule has 1 amide bonds. The molecule has 4 nitrogen and oxygen atoms in total. The van der Waals surface area contributed by atoms with Crippen molar-refractivity contribution in [2.24, 2.45) is 0 Å². The average molecular weight is 340 g/mol. The zero-order valence-electron chi connectivity index (χ0n) is 10.3. The first kappa shape index (κ1) is 12.9. The van der Waals surface area contributed by atoms with Gasteiger partial charge in [-0.05, 0) is 47.0 Å². The van der Waals surface area contributed by atoms with Crippen molar-refractivity contribution in [1.82, 2.24) is 15.1 Å². The lowest BCUT2D eigenvalue weighted by molar-refractivity contribution is 0.0711. The molecule has 0 bridgehead atoms. The van der Waals surface area contributed by atoms with Crippen molar-refractivity contribution in [3.63, 3.8) is 0 Å². The maximum atomic E-state index is 12.4. The monoisotopic (exact) mass is 339 g/mol. The second-order valence-electron chi connectivity index (χ2n) is 4.71. The van der Waals surface area contributed by atoms with Gasteiger partial charge < -0.3 is 4.90 Å². The Balaban J connectivity index is 1.73. The summed E-state index contributed by atoms with van der Waals surface area (Å²) >= 11 is 4.90. The Kier molecular flexibility index (Phi) is 3.70. The largest absolute Gasteiger partial charge is 0.337 e. The molecule has 1 saturated heterocycles. The Morgan fingerprint density at radius 2 is 2.37 bits per heavy atom. The van der Waals surface area contributed by atoms with Crippen LogP contribution in [0.2, 0.25) is 0 Å². The summed E-state index contributed by atoms with van der Waals surface area (Å²) in [6.07, 6.45) is 3.93. The van der Waals surface area contributed by atoms with Crippen LogP contribution in [0.15, 0.2) is 28.2 Å². The first-order chi connectivity index (χ1) is 9.24. The zero-order chi connectivity index (χ0) is 13.2. The highest BCUT2D eigenvalue weighted by atomic mass is 79.9. The van der Waals surface area contributed by atoms with Crippen LogP contribution in [0, 0.1) is 0 Å². The van der Waals surface area contributed by atoms with Crippen LogP contribution < -0.4 is 0 Å². The molecule has 0 radical (unpaired) electrons. The van der Waals surface area contributed by atoms with Gasteiger partial charge in [-0.3, -0.25) is 9.89 Å². The first-order valence-electron chi connectivity index (χ1n) is 6.28. The van der Waals surface area contributed by atoms with E-state index in [1.165, 1.54) is 11.3 Å². The van der Waals surface area contributed by atoms with Gasteiger partial charge in [0.2, 0.25) is 0 Å². The number of hydrogen-bond donors (Lipinski definition) is 1. The number of carbonyl (C=O) groups excluding carboxylic acids is 1. The van der Waals surface area contributed by atoms with Gasteiger partial charge in [0, 0.05) is 30.9 Å². The molecule has 1 N–H and O–H groups in total. The number of H-pyrrole nitrogens is 1. The smallest absolute Gasteiger partial charge is 0.263 e. The fraction of sp³-hybridized carbons (Fsp3) is 0.385. The van der Waals surface area contributed by atoms with Gasteiger partial charge in [0.25, 0.3) is 5.91 Å². The highest BCUT2D eigenvalue weighted by Crippen LogP contribution is 2.28. The highest BCUT2D eigenvalue weighted by molar-refractivity contribution is 9.11. The third-order valence-corrected chi connectivity index (χ3v) is 5.07. The van der Waals surface area contributed by atoms with Gasteiger partial charge >= 0.3 is 0 Å². The molecule has 19 heavy (non-hydrogen) atoms. The minimum atomic E-state index is 0.139. The van der Waals surface area contributed by atoms with Gasteiger partial charge in [0.15, 0.2) is 0 Å². The molecule has 1 fully saturated rings. The maximum Gasteiger partial charge on any atom is 0.263 e. The van der Waals surface area contributed by atoms with E-state index >= 15 is 0 Å². The number of hydrogen-bond acceptors (Lipinski definition) is 3. The number of nitrogens with zero attached hydrogens (tertiary/aromatic N) is 2. The number of rotatable bonds is 2. The second-order valence-corrected chi connectivity index (χ2v) is 7.17. The molecule has 1 aliphatic heterocycles. The minimum Gasteiger partial charge on any atom is -0.337 e. The number of aromatic amines is 1. The third kappa shape index (κ3) is 2.74. The number of halogens is 1. The Morgan fingerprint density at radius 1 is 1.47 bits per heavy atom. The van der Waals surface area contributed by atoms with Crippen LogP contribution in [0.4, 0.5) is 0 Å². The summed E-state index contributed by atoms with van der Waals surface area (Å²) in [5.41, 5.74) is 1.13. The first-order valence-corrected chi connectivity index (χ1v) is 7.89. The van der Waals surface area contributed by atoms with Crippen molar-refractivity contribution in [1.29, 1.82) is 0 Å². The molecule has 1 atom stereocenters. The van der Waals surface area contributed by atoms with Gasteiger partial charge in [0.1, 0.15) is 0 Å². The van der Waals surface area contributed by atoms with Crippen molar-refractivity contribution in [3.05, 3.63) is 38.8 Å². The number of carbonyl (C=O) groups is 1. The number of aromatic nitrogens is 2. The van der Waals surface area contributed by atoms with E-state index in [0.717, 1.165) is 40.3 Å². The van der Waals surface area contributed by atoms with Crippen LogP contribution in [0.25, 0.3) is 0 Å². The molecule has 1 unspecified atom stereocenters. The SMILES string of the molecule is O=C(c1ccc(Br)s1)N1CCCC(c2ccn[nH]2)C1. The number of nitrogens with one attached hydrogen (secondary N) is 1. The summed E-state index contributed by atoms with van der Waals surface area (Å²) in [6.45, 7) is 1.62. The summed E-state index contributed by atoms with van der Waals surface area (Å²) in [5.74, 6) is 0.517. The van der Waals surface area contributed by atoms with Crippen molar-refractivity contribution < 1.29 is 4.79 Å². The Bertz CT molecular complexity index is 566.